The Bertz CT molecular complexity index is 442. The Morgan fingerprint density at radius 1 is 1.27 bits per heavy atom. The van der Waals surface area contributed by atoms with Crippen LogP contribution in [0.5, 0.6) is 0 Å². The van der Waals surface area contributed by atoms with Gasteiger partial charge in [0.2, 0.25) is 0 Å². The van der Waals surface area contributed by atoms with Gasteiger partial charge in [0.25, 0.3) is 0 Å². The zero-order valence-corrected chi connectivity index (χ0v) is 9.01. The number of nitrogens with zero attached hydrogens (tertiary/aromatic N) is 2. The van der Waals surface area contributed by atoms with Crippen LogP contribution in [0.4, 0.5) is 5.69 Å². The van der Waals surface area contributed by atoms with E-state index >= 15 is 0 Å². The van der Waals surface area contributed by atoms with Crippen molar-refractivity contribution in [1.82, 2.24) is 9.78 Å². The highest BCUT2D eigenvalue weighted by molar-refractivity contribution is 5.40. The minimum Gasteiger partial charge on any atom is -0.399 e. The quantitative estimate of drug-likeness (QED) is 0.758. The van der Waals surface area contributed by atoms with Crippen molar-refractivity contribution < 1.29 is 0 Å². The Morgan fingerprint density at radius 3 is 2.47 bits per heavy atom. The monoisotopic (exact) mass is 201 g/mol. The smallest absolute Gasteiger partial charge is 0.0740 e. The molecule has 78 valence electrons. The van der Waals surface area contributed by atoms with Crippen molar-refractivity contribution in [3.63, 3.8) is 0 Å². The van der Waals surface area contributed by atoms with Crippen LogP contribution >= 0.6 is 0 Å². The Hall–Kier alpha value is -1.77. The zero-order chi connectivity index (χ0) is 10.8. The average Bonchev–Trinajstić information content (AvgIpc) is 2.65. The molecule has 3 nitrogen and oxygen atoms in total. The van der Waals surface area contributed by atoms with Crippen LogP contribution in [0.25, 0.3) is 0 Å². The maximum Gasteiger partial charge on any atom is 0.0740 e. The molecule has 0 aliphatic heterocycles. The molecule has 0 aliphatic rings. The molecule has 0 radical (unpaired) electrons. The fraction of sp³-hybridized carbons (Fsp3) is 0.250. The first kappa shape index (κ1) is 9.77. The summed E-state index contributed by atoms with van der Waals surface area (Å²) in [5, 5.41) is 4.30. The summed E-state index contributed by atoms with van der Waals surface area (Å²) >= 11 is 0. The SMILES string of the molecule is Cc1cnn(C(C)c2ccc(N)cc2)c1. The van der Waals surface area contributed by atoms with Crippen LogP contribution in [0.2, 0.25) is 0 Å². The fourth-order valence-corrected chi connectivity index (χ4v) is 1.57. The van der Waals surface area contributed by atoms with E-state index in [1.54, 1.807) is 0 Å². The first-order valence-corrected chi connectivity index (χ1v) is 5.03. The van der Waals surface area contributed by atoms with Gasteiger partial charge in [-0.15, -0.1) is 0 Å². The summed E-state index contributed by atoms with van der Waals surface area (Å²) < 4.78 is 1.96. The molecule has 0 fully saturated rings. The third-order valence-electron chi connectivity index (χ3n) is 2.55. The van der Waals surface area contributed by atoms with E-state index < -0.39 is 0 Å². The first-order chi connectivity index (χ1) is 7.16. The summed E-state index contributed by atoms with van der Waals surface area (Å²) in [6, 6.07) is 8.16. The molecule has 2 rings (SSSR count). The highest BCUT2D eigenvalue weighted by Gasteiger charge is 2.07. The summed E-state index contributed by atoms with van der Waals surface area (Å²) in [6.45, 7) is 4.16. The van der Waals surface area contributed by atoms with E-state index in [0.717, 1.165) is 5.69 Å². The van der Waals surface area contributed by atoms with E-state index in [2.05, 4.69) is 12.0 Å². The van der Waals surface area contributed by atoms with Crippen molar-refractivity contribution in [2.75, 3.05) is 5.73 Å². The topological polar surface area (TPSA) is 43.8 Å². The largest absolute Gasteiger partial charge is 0.399 e. The third kappa shape index (κ3) is 2.01. The van der Waals surface area contributed by atoms with Crippen molar-refractivity contribution >= 4 is 5.69 Å². The van der Waals surface area contributed by atoms with E-state index in [-0.39, 0.29) is 6.04 Å². The standard InChI is InChI=1S/C12H15N3/c1-9-7-14-15(8-9)10(2)11-3-5-12(13)6-4-11/h3-8,10H,13H2,1-2H3. The number of nitrogens with two attached hydrogens (primary N) is 1. The third-order valence-corrected chi connectivity index (χ3v) is 2.55. The minimum absolute atomic E-state index is 0.249. The van der Waals surface area contributed by atoms with E-state index in [0.29, 0.717) is 0 Å². The van der Waals surface area contributed by atoms with Crippen LogP contribution in [0, 0.1) is 6.92 Å². The van der Waals surface area contributed by atoms with Crippen LogP contribution in [0.3, 0.4) is 0 Å². The van der Waals surface area contributed by atoms with Crippen molar-refractivity contribution in [2.45, 2.75) is 19.9 Å². The second kappa shape index (κ2) is 3.77. The number of aryl methyl sites for hydroxylation is 1. The van der Waals surface area contributed by atoms with Gasteiger partial charge in [0.15, 0.2) is 0 Å². The molecule has 1 heterocycles. The molecule has 2 N–H and O–H groups in total. The number of hydrogen-bond donors (Lipinski definition) is 1. The lowest BCUT2D eigenvalue weighted by molar-refractivity contribution is 0.564. The number of anilines is 1. The Kier molecular flexibility index (Phi) is 2.46. The maximum absolute atomic E-state index is 5.65. The van der Waals surface area contributed by atoms with Crippen molar-refractivity contribution in [3.05, 3.63) is 47.8 Å². The fourth-order valence-electron chi connectivity index (χ4n) is 1.57. The van der Waals surface area contributed by atoms with Gasteiger partial charge < -0.3 is 5.73 Å². The van der Waals surface area contributed by atoms with Crippen LogP contribution in [0.15, 0.2) is 36.7 Å². The molecule has 15 heavy (non-hydrogen) atoms. The summed E-state index contributed by atoms with van der Waals surface area (Å²) in [6.07, 6.45) is 3.91. The van der Waals surface area contributed by atoms with Crippen molar-refractivity contribution in [1.29, 1.82) is 0 Å². The first-order valence-electron chi connectivity index (χ1n) is 5.03. The molecule has 0 aliphatic carbocycles. The lowest BCUT2D eigenvalue weighted by Crippen LogP contribution is -2.07. The molecule has 1 aromatic heterocycles. The number of aromatic nitrogens is 2. The number of nitrogen functional groups attached to an aromatic ring is 1. The minimum atomic E-state index is 0.249. The molecular formula is C12H15N3. The molecule has 1 unspecified atom stereocenters. The molecule has 0 amide bonds. The van der Waals surface area contributed by atoms with E-state index in [9.17, 15) is 0 Å². The molecular weight excluding hydrogens is 186 g/mol. The summed E-state index contributed by atoms with van der Waals surface area (Å²) in [5.41, 5.74) is 8.83. The lowest BCUT2D eigenvalue weighted by Gasteiger charge is -2.12. The van der Waals surface area contributed by atoms with Crippen LogP contribution in [0.1, 0.15) is 24.1 Å². The lowest BCUT2D eigenvalue weighted by atomic mass is 10.1. The number of benzene rings is 1. The predicted molar refractivity (Wildman–Crippen MR) is 61.6 cm³/mol. The zero-order valence-electron chi connectivity index (χ0n) is 9.01. The van der Waals surface area contributed by atoms with Gasteiger partial charge in [-0.2, -0.15) is 5.10 Å². The van der Waals surface area contributed by atoms with E-state index in [1.165, 1.54) is 11.1 Å². The average molecular weight is 201 g/mol. The highest BCUT2D eigenvalue weighted by Crippen LogP contribution is 2.18. The van der Waals surface area contributed by atoms with Gasteiger partial charge >= 0.3 is 0 Å². The van der Waals surface area contributed by atoms with Gasteiger partial charge in [0.1, 0.15) is 0 Å². The Labute approximate surface area is 89.5 Å². The normalized spacial score (nSPS) is 12.7. The van der Waals surface area contributed by atoms with E-state index in [1.807, 2.05) is 48.3 Å². The molecule has 1 aromatic carbocycles. The van der Waals surface area contributed by atoms with E-state index in [4.69, 9.17) is 5.73 Å². The Balaban J connectivity index is 2.28. The molecule has 0 bridgehead atoms. The molecule has 2 aromatic rings. The summed E-state index contributed by atoms with van der Waals surface area (Å²) in [5.74, 6) is 0. The van der Waals surface area contributed by atoms with Gasteiger partial charge in [-0.05, 0) is 37.1 Å². The van der Waals surface area contributed by atoms with Gasteiger partial charge in [-0.1, -0.05) is 12.1 Å². The van der Waals surface area contributed by atoms with Gasteiger partial charge in [0.05, 0.1) is 12.2 Å². The van der Waals surface area contributed by atoms with Gasteiger partial charge in [-0.3, -0.25) is 4.68 Å². The molecule has 1 atom stereocenters. The van der Waals surface area contributed by atoms with Crippen LogP contribution in [-0.4, -0.2) is 9.78 Å². The number of rotatable bonds is 2. The highest BCUT2D eigenvalue weighted by atomic mass is 15.3. The summed E-state index contributed by atoms with van der Waals surface area (Å²) in [4.78, 5) is 0. The number of hydrogen-bond acceptors (Lipinski definition) is 2. The Morgan fingerprint density at radius 2 is 1.93 bits per heavy atom. The maximum atomic E-state index is 5.65. The second-order valence-electron chi connectivity index (χ2n) is 3.84. The van der Waals surface area contributed by atoms with Gasteiger partial charge in [-0.25, -0.2) is 0 Å². The van der Waals surface area contributed by atoms with Crippen LogP contribution < -0.4 is 5.73 Å². The predicted octanol–water partition coefficient (Wildman–Crippen LogP) is 2.38. The van der Waals surface area contributed by atoms with Gasteiger partial charge in [0, 0.05) is 11.9 Å². The molecule has 3 heteroatoms. The van der Waals surface area contributed by atoms with Crippen LogP contribution in [-0.2, 0) is 0 Å². The van der Waals surface area contributed by atoms with Crippen molar-refractivity contribution in [2.24, 2.45) is 0 Å². The molecule has 0 spiro atoms. The molecule has 0 saturated heterocycles. The van der Waals surface area contributed by atoms with Crippen molar-refractivity contribution in [3.8, 4) is 0 Å². The molecule has 0 saturated carbocycles. The second-order valence-corrected chi connectivity index (χ2v) is 3.84. The summed E-state index contributed by atoms with van der Waals surface area (Å²) in [7, 11) is 0.